The van der Waals surface area contributed by atoms with Crippen molar-refractivity contribution in [2.45, 2.75) is 19.4 Å². The SMILES string of the molecule is COc1ccc([C@H]2CC(=O)c3c(O)cc(O)c(C)c3O2)cc1. The molecule has 0 saturated carbocycles. The van der Waals surface area contributed by atoms with E-state index >= 15 is 0 Å². The van der Waals surface area contributed by atoms with Crippen molar-refractivity contribution in [1.82, 2.24) is 0 Å². The summed E-state index contributed by atoms with van der Waals surface area (Å²) in [7, 11) is 1.58. The number of ether oxygens (including phenoxy) is 2. The molecule has 114 valence electrons. The minimum atomic E-state index is -0.453. The zero-order chi connectivity index (χ0) is 15.9. The number of aromatic hydroxyl groups is 2. The number of phenolic OH excluding ortho intramolecular Hbond substituents is 2. The first-order chi connectivity index (χ1) is 10.5. The summed E-state index contributed by atoms with van der Waals surface area (Å²) in [5.74, 6) is 0.408. The van der Waals surface area contributed by atoms with Crippen molar-refractivity contribution in [2.24, 2.45) is 0 Å². The monoisotopic (exact) mass is 300 g/mol. The lowest BCUT2D eigenvalue weighted by atomic mass is 9.93. The van der Waals surface area contributed by atoms with Crippen molar-refractivity contribution in [3.05, 3.63) is 47.0 Å². The van der Waals surface area contributed by atoms with E-state index in [-0.39, 0.29) is 35.0 Å². The van der Waals surface area contributed by atoms with Crippen molar-refractivity contribution in [3.63, 3.8) is 0 Å². The zero-order valence-corrected chi connectivity index (χ0v) is 12.3. The Labute approximate surface area is 127 Å². The van der Waals surface area contributed by atoms with Gasteiger partial charge in [-0.15, -0.1) is 0 Å². The van der Waals surface area contributed by atoms with Gasteiger partial charge in [-0.05, 0) is 24.6 Å². The maximum atomic E-state index is 12.3. The van der Waals surface area contributed by atoms with Gasteiger partial charge in [-0.1, -0.05) is 12.1 Å². The van der Waals surface area contributed by atoms with E-state index in [1.165, 1.54) is 6.07 Å². The van der Waals surface area contributed by atoms with Crippen LogP contribution in [0, 0.1) is 6.92 Å². The molecule has 22 heavy (non-hydrogen) atoms. The third-order valence-electron chi connectivity index (χ3n) is 3.88. The first-order valence-corrected chi connectivity index (χ1v) is 6.90. The standard InChI is InChI=1S/C17H16O5/c1-9-12(18)7-13(19)16-14(20)8-15(22-17(9)16)10-3-5-11(21-2)6-4-10/h3-7,15,18-19H,8H2,1-2H3/t15-/m1/s1. The van der Waals surface area contributed by atoms with Crippen LogP contribution in [0.15, 0.2) is 30.3 Å². The summed E-state index contributed by atoms with van der Waals surface area (Å²) >= 11 is 0. The number of benzene rings is 2. The number of hydrogen-bond acceptors (Lipinski definition) is 5. The quantitative estimate of drug-likeness (QED) is 0.891. The molecule has 5 nitrogen and oxygen atoms in total. The molecule has 3 rings (SSSR count). The summed E-state index contributed by atoms with van der Waals surface area (Å²) in [4.78, 5) is 12.3. The molecule has 0 amide bonds. The summed E-state index contributed by atoms with van der Waals surface area (Å²) in [5, 5.41) is 19.7. The van der Waals surface area contributed by atoms with Gasteiger partial charge in [-0.25, -0.2) is 0 Å². The summed E-state index contributed by atoms with van der Waals surface area (Å²) in [6, 6.07) is 8.43. The second kappa shape index (κ2) is 5.26. The summed E-state index contributed by atoms with van der Waals surface area (Å²) < 4.78 is 11.0. The van der Waals surface area contributed by atoms with Gasteiger partial charge in [0.25, 0.3) is 0 Å². The maximum absolute atomic E-state index is 12.3. The second-order valence-corrected chi connectivity index (χ2v) is 5.25. The van der Waals surface area contributed by atoms with Gasteiger partial charge in [0, 0.05) is 11.6 Å². The van der Waals surface area contributed by atoms with Gasteiger partial charge in [-0.3, -0.25) is 4.79 Å². The van der Waals surface area contributed by atoms with Crippen molar-refractivity contribution >= 4 is 5.78 Å². The molecule has 1 heterocycles. The highest BCUT2D eigenvalue weighted by atomic mass is 16.5. The fourth-order valence-corrected chi connectivity index (χ4v) is 2.61. The van der Waals surface area contributed by atoms with Crippen LogP contribution in [0.1, 0.15) is 34.0 Å². The average Bonchev–Trinajstić information content (AvgIpc) is 2.52. The minimum Gasteiger partial charge on any atom is -0.507 e. The van der Waals surface area contributed by atoms with Crippen LogP contribution in [0.5, 0.6) is 23.0 Å². The first-order valence-electron chi connectivity index (χ1n) is 6.90. The number of carbonyl (C=O) groups is 1. The van der Waals surface area contributed by atoms with Gasteiger partial charge in [0.2, 0.25) is 0 Å². The molecule has 0 aliphatic carbocycles. The van der Waals surface area contributed by atoms with Crippen LogP contribution < -0.4 is 9.47 Å². The third kappa shape index (κ3) is 2.24. The highest BCUT2D eigenvalue weighted by Gasteiger charge is 2.32. The molecular weight excluding hydrogens is 284 g/mol. The van der Waals surface area contributed by atoms with Crippen molar-refractivity contribution < 1.29 is 24.5 Å². The number of carbonyl (C=O) groups excluding carboxylic acids is 1. The topological polar surface area (TPSA) is 76.0 Å². The molecule has 1 aliphatic heterocycles. The normalized spacial score (nSPS) is 16.8. The summed E-state index contributed by atoms with van der Waals surface area (Å²) in [5.41, 5.74) is 1.42. The zero-order valence-electron chi connectivity index (χ0n) is 12.3. The van der Waals surface area contributed by atoms with E-state index in [0.717, 1.165) is 11.3 Å². The molecule has 2 aromatic carbocycles. The van der Waals surface area contributed by atoms with E-state index in [2.05, 4.69) is 0 Å². The lowest BCUT2D eigenvalue weighted by Crippen LogP contribution is -2.21. The van der Waals surface area contributed by atoms with E-state index in [1.807, 2.05) is 12.1 Å². The first kappa shape index (κ1) is 14.3. The van der Waals surface area contributed by atoms with Gasteiger partial charge >= 0.3 is 0 Å². The molecule has 0 saturated heterocycles. The number of methoxy groups -OCH3 is 1. The highest BCUT2D eigenvalue weighted by molar-refractivity contribution is 6.03. The molecular formula is C17H16O5. The van der Waals surface area contributed by atoms with Crippen LogP contribution in [0.2, 0.25) is 0 Å². The van der Waals surface area contributed by atoms with Crippen molar-refractivity contribution in [3.8, 4) is 23.0 Å². The molecule has 0 aromatic heterocycles. The molecule has 0 unspecified atom stereocenters. The van der Waals surface area contributed by atoms with E-state index in [9.17, 15) is 15.0 Å². The number of rotatable bonds is 2. The Kier molecular flexibility index (Phi) is 3.41. The molecule has 0 bridgehead atoms. The van der Waals surface area contributed by atoms with E-state index in [0.29, 0.717) is 5.56 Å². The van der Waals surface area contributed by atoms with Crippen molar-refractivity contribution in [1.29, 1.82) is 0 Å². The Hall–Kier alpha value is -2.69. The lowest BCUT2D eigenvalue weighted by Gasteiger charge is -2.27. The number of phenols is 2. The van der Waals surface area contributed by atoms with E-state index in [4.69, 9.17) is 9.47 Å². The Balaban J connectivity index is 2.01. The number of Topliss-reactive ketones (excluding diaryl/α,β-unsaturated/α-hetero) is 1. The van der Waals surface area contributed by atoms with Crippen LogP contribution in [0.3, 0.4) is 0 Å². The molecule has 1 aliphatic rings. The number of hydrogen-bond donors (Lipinski definition) is 2. The van der Waals surface area contributed by atoms with E-state index in [1.54, 1.807) is 26.2 Å². The molecule has 0 spiro atoms. The van der Waals surface area contributed by atoms with Crippen LogP contribution >= 0.6 is 0 Å². The van der Waals surface area contributed by atoms with Gasteiger partial charge in [0.1, 0.15) is 34.7 Å². The average molecular weight is 300 g/mol. The predicted molar refractivity (Wildman–Crippen MR) is 79.8 cm³/mol. The lowest BCUT2D eigenvalue weighted by molar-refractivity contribution is 0.0843. The number of fused-ring (bicyclic) bond motifs is 1. The van der Waals surface area contributed by atoms with Crippen LogP contribution in [0.25, 0.3) is 0 Å². The van der Waals surface area contributed by atoms with Gasteiger partial charge < -0.3 is 19.7 Å². The molecule has 0 fully saturated rings. The maximum Gasteiger partial charge on any atom is 0.174 e. The molecule has 5 heteroatoms. The smallest absolute Gasteiger partial charge is 0.174 e. The largest absolute Gasteiger partial charge is 0.507 e. The Morgan fingerprint density at radius 3 is 2.50 bits per heavy atom. The predicted octanol–water partition coefficient (Wildman–Crippen LogP) is 3.12. The van der Waals surface area contributed by atoms with Crippen LogP contribution in [-0.2, 0) is 0 Å². The molecule has 2 aromatic rings. The van der Waals surface area contributed by atoms with Gasteiger partial charge in [0.05, 0.1) is 13.5 Å². The Morgan fingerprint density at radius 1 is 1.18 bits per heavy atom. The summed E-state index contributed by atoms with van der Waals surface area (Å²) in [6.45, 7) is 1.65. The van der Waals surface area contributed by atoms with E-state index < -0.39 is 6.10 Å². The molecule has 1 atom stereocenters. The highest BCUT2D eigenvalue weighted by Crippen LogP contribution is 2.44. The Morgan fingerprint density at radius 2 is 1.86 bits per heavy atom. The third-order valence-corrected chi connectivity index (χ3v) is 3.88. The van der Waals surface area contributed by atoms with Crippen molar-refractivity contribution in [2.75, 3.05) is 7.11 Å². The fourth-order valence-electron chi connectivity index (χ4n) is 2.61. The minimum absolute atomic E-state index is 0.0977. The summed E-state index contributed by atoms with van der Waals surface area (Å²) in [6.07, 6.45) is -0.317. The molecule has 2 N–H and O–H groups in total. The molecule has 0 radical (unpaired) electrons. The number of ketones is 1. The fraction of sp³-hybridized carbons (Fsp3) is 0.235. The van der Waals surface area contributed by atoms with Gasteiger partial charge in [0.15, 0.2) is 5.78 Å². The van der Waals surface area contributed by atoms with Crippen LogP contribution in [0.4, 0.5) is 0 Å². The second-order valence-electron chi connectivity index (χ2n) is 5.25. The Bertz CT molecular complexity index is 734. The van der Waals surface area contributed by atoms with Gasteiger partial charge in [-0.2, -0.15) is 0 Å². The van der Waals surface area contributed by atoms with Crippen LogP contribution in [-0.4, -0.2) is 23.1 Å².